The van der Waals surface area contributed by atoms with Crippen molar-refractivity contribution in [2.45, 2.75) is 6.18 Å². The lowest BCUT2D eigenvalue weighted by atomic mass is 10.7. The van der Waals surface area contributed by atoms with Gasteiger partial charge in [0.05, 0.1) is 0 Å². The Bertz CT molecular complexity index is 104. The first-order valence-electron chi connectivity index (χ1n) is 1.29. The zero-order chi connectivity index (χ0) is 5.91. The molecule has 0 rings (SSSR count). The van der Waals surface area contributed by atoms with E-state index in [4.69, 9.17) is 0 Å². The van der Waals surface area contributed by atoms with Crippen molar-refractivity contribution in [1.29, 1.82) is 0 Å². The Morgan fingerprint density at radius 1 is 1.29 bits per heavy atom. The highest BCUT2D eigenvalue weighted by atomic mass is 32.1. The van der Waals surface area contributed by atoms with Crippen LogP contribution in [0.3, 0.4) is 0 Å². The molecule has 0 radical (unpaired) electrons. The van der Waals surface area contributed by atoms with Gasteiger partial charge in [-0.1, -0.05) is 12.6 Å². The predicted molar refractivity (Wildman–Crippen MR) is 22.8 cm³/mol. The van der Waals surface area contributed by atoms with Gasteiger partial charge in [-0.2, -0.15) is 13.2 Å². The Morgan fingerprint density at radius 2 is 1.71 bits per heavy atom. The topological polar surface area (TPSA) is 0 Å². The maximum Gasteiger partial charge on any atom is 0.458 e. The van der Waals surface area contributed by atoms with E-state index in [1.807, 2.05) is 0 Å². The van der Waals surface area contributed by atoms with Crippen LogP contribution in [-0.4, -0.2) is 6.18 Å². The summed E-state index contributed by atoms with van der Waals surface area (Å²) in [6.45, 7) is 0. The highest BCUT2D eigenvalue weighted by molar-refractivity contribution is 7.85. The van der Waals surface area contributed by atoms with E-state index in [9.17, 15) is 13.2 Å². The summed E-state index contributed by atoms with van der Waals surface area (Å²) < 4.78 is 32.5. The highest BCUT2D eigenvalue weighted by Crippen LogP contribution is 2.11. The van der Waals surface area contributed by atoms with Gasteiger partial charge in [-0.25, -0.2) is 0 Å². The molecule has 0 spiro atoms. The molecule has 0 aliphatic heterocycles. The van der Waals surface area contributed by atoms with Crippen molar-refractivity contribution in [2.24, 2.45) is 0 Å². The average molecular weight is 126 g/mol. The van der Waals surface area contributed by atoms with E-state index in [2.05, 4.69) is 12.6 Å². The molecule has 0 aliphatic carbocycles. The van der Waals surface area contributed by atoms with Crippen molar-refractivity contribution < 1.29 is 13.2 Å². The minimum Gasteiger partial charge on any atom is -0.159 e. The van der Waals surface area contributed by atoms with Gasteiger partial charge in [-0.15, -0.1) is 0 Å². The Labute approximate surface area is 44.1 Å². The predicted octanol–water partition coefficient (Wildman–Crippen LogP) is 1.44. The normalized spacial score (nSPS) is 9.71. The van der Waals surface area contributed by atoms with E-state index < -0.39 is 6.18 Å². The molecule has 0 aromatic carbocycles. The molecule has 0 aromatic heterocycles. The number of rotatable bonds is 0. The Hall–Kier alpha value is -0.300. The maximum absolute atomic E-state index is 10.8. The second kappa shape index (κ2) is 2.12. The van der Waals surface area contributed by atoms with Crippen LogP contribution in [0.25, 0.3) is 0 Å². The number of alkyl halides is 3. The van der Waals surface area contributed by atoms with Crippen LogP contribution in [0.5, 0.6) is 0 Å². The molecule has 0 atom stereocenters. The third-order valence-electron chi connectivity index (χ3n) is 0.198. The number of thiol groups is 1. The highest BCUT2D eigenvalue weighted by Gasteiger charge is 2.22. The van der Waals surface area contributed by atoms with Crippen molar-refractivity contribution in [3.8, 4) is 11.2 Å². The van der Waals surface area contributed by atoms with E-state index >= 15 is 0 Å². The fourth-order valence-electron chi connectivity index (χ4n) is 0.0634. The Morgan fingerprint density at radius 3 is 1.71 bits per heavy atom. The lowest BCUT2D eigenvalue weighted by Crippen LogP contribution is -2.00. The number of hydrogen-bond donors (Lipinski definition) is 1. The molecule has 40 valence electrons. The molecule has 0 nitrogen and oxygen atoms in total. The molecule has 7 heavy (non-hydrogen) atoms. The zero-order valence-electron chi connectivity index (χ0n) is 3.08. The van der Waals surface area contributed by atoms with Gasteiger partial charge < -0.3 is 0 Å². The van der Waals surface area contributed by atoms with E-state index in [0.29, 0.717) is 0 Å². The standard InChI is InChI=1S/C3HF3S/c4-3(5,6)1-2-7/h7H. The molecule has 0 aromatic rings. The van der Waals surface area contributed by atoms with Crippen LogP contribution in [0.4, 0.5) is 13.2 Å². The monoisotopic (exact) mass is 126 g/mol. The van der Waals surface area contributed by atoms with E-state index in [0.717, 1.165) is 5.92 Å². The quantitative estimate of drug-likeness (QED) is 0.368. The van der Waals surface area contributed by atoms with Gasteiger partial charge in [0.1, 0.15) is 0 Å². The fourth-order valence-corrected chi connectivity index (χ4v) is 0.190. The van der Waals surface area contributed by atoms with Gasteiger partial charge in [-0.3, -0.25) is 0 Å². The third kappa shape index (κ3) is 5.70. The van der Waals surface area contributed by atoms with Gasteiger partial charge in [-0.05, 0) is 5.25 Å². The molecule has 4 heteroatoms. The lowest BCUT2D eigenvalue weighted by Gasteiger charge is -1.88. The molecule has 0 amide bonds. The summed E-state index contributed by atoms with van der Waals surface area (Å²) in [6.07, 6.45) is -4.39. The maximum atomic E-state index is 10.8. The van der Waals surface area contributed by atoms with E-state index in [-0.39, 0.29) is 0 Å². The minimum atomic E-state index is -4.39. The van der Waals surface area contributed by atoms with Gasteiger partial charge in [0.15, 0.2) is 0 Å². The van der Waals surface area contributed by atoms with Gasteiger partial charge >= 0.3 is 6.18 Å². The van der Waals surface area contributed by atoms with E-state index in [1.54, 1.807) is 0 Å². The van der Waals surface area contributed by atoms with E-state index in [1.165, 1.54) is 5.25 Å². The van der Waals surface area contributed by atoms with Crippen LogP contribution in [0.1, 0.15) is 0 Å². The lowest BCUT2D eigenvalue weighted by molar-refractivity contribution is -0.0695. The van der Waals surface area contributed by atoms with Crippen molar-refractivity contribution in [1.82, 2.24) is 0 Å². The van der Waals surface area contributed by atoms with Crippen LogP contribution >= 0.6 is 12.6 Å². The molecule has 0 aliphatic rings. The summed E-state index contributed by atoms with van der Waals surface area (Å²) in [5, 5.41) is 1.43. The molecular formula is C3HF3S. The second-order valence-electron chi connectivity index (χ2n) is 0.735. The molecule has 0 unspecified atom stereocenters. The number of halogens is 3. The largest absolute Gasteiger partial charge is 0.458 e. The summed E-state index contributed by atoms with van der Waals surface area (Å²) >= 11 is 3.03. The molecule has 0 saturated carbocycles. The van der Waals surface area contributed by atoms with Crippen LogP contribution in [0.15, 0.2) is 0 Å². The molecule has 0 bridgehead atoms. The number of hydrogen-bond acceptors (Lipinski definition) is 1. The summed E-state index contributed by atoms with van der Waals surface area (Å²) in [6, 6.07) is 0. The second-order valence-corrected chi connectivity index (χ2v) is 0.958. The smallest absolute Gasteiger partial charge is 0.159 e. The SMILES string of the molecule is FC(F)(F)C#CS. The Balaban J connectivity index is 3.72. The van der Waals surface area contributed by atoms with Crippen LogP contribution in [-0.2, 0) is 0 Å². The first-order chi connectivity index (χ1) is 3.06. The van der Waals surface area contributed by atoms with Crippen LogP contribution in [0, 0.1) is 11.2 Å². The van der Waals surface area contributed by atoms with Gasteiger partial charge in [0.2, 0.25) is 0 Å². The zero-order valence-corrected chi connectivity index (χ0v) is 3.98. The summed E-state index contributed by atoms with van der Waals surface area (Å²) in [5.74, 6) is 0.899. The molecule has 0 fully saturated rings. The molecular weight excluding hydrogens is 125 g/mol. The Kier molecular flexibility index (Phi) is 2.03. The van der Waals surface area contributed by atoms with Crippen molar-refractivity contribution in [3.63, 3.8) is 0 Å². The van der Waals surface area contributed by atoms with Crippen molar-refractivity contribution >= 4 is 12.6 Å². The summed E-state index contributed by atoms with van der Waals surface area (Å²) in [4.78, 5) is 0. The van der Waals surface area contributed by atoms with Crippen LogP contribution in [0.2, 0.25) is 0 Å². The molecule has 0 N–H and O–H groups in total. The van der Waals surface area contributed by atoms with Gasteiger partial charge in [0, 0.05) is 5.92 Å². The van der Waals surface area contributed by atoms with Crippen molar-refractivity contribution in [3.05, 3.63) is 0 Å². The minimum absolute atomic E-state index is 0.899. The first-order valence-corrected chi connectivity index (χ1v) is 1.74. The molecule has 0 heterocycles. The summed E-state index contributed by atoms with van der Waals surface area (Å²) in [5.41, 5.74) is 0. The summed E-state index contributed by atoms with van der Waals surface area (Å²) in [7, 11) is 0. The molecule has 0 saturated heterocycles. The average Bonchev–Trinajstić information content (AvgIpc) is 1.30. The first kappa shape index (κ1) is 6.70. The third-order valence-corrected chi connectivity index (χ3v) is 0.309. The van der Waals surface area contributed by atoms with Crippen LogP contribution < -0.4 is 0 Å². The fraction of sp³-hybridized carbons (Fsp3) is 0.333. The van der Waals surface area contributed by atoms with Gasteiger partial charge in [0.25, 0.3) is 0 Å². The van der Waals surface area contributed by atoms with Crippen molar-refractivity contribution in [2.75, 3.05) is 0 Å².